The second kappa shape index (κ2) is 5.87. The Morgan fingerprint density at radius 1 is 1.28 bits per heavy atom. The standard InChI is InChI=1S/C12H10BrCl2N3/c1-7-5-10(14)18-12(15)11(7)16-6-8-3-2-4-9(13)17-8/h2-5,16H,6H2,1H3. The smallest absolute Gasteiger partial charge is 0.154 e. The van der Waals surface area contributed by atoms with Crippen molar-refractivity contribution in [3.8, 4) is 0 Å². The fraction of sp³-hybridized carbons (Fsp3) is 0.167. The number of hydrogen-bond donors (Lipinski definition) is 1. The van der Waals surface area contributed by atoms with E-state index >= 15 is 0 Å². The van der Waals surface area contributed by atoms with Crippen molar-refractivity contribution < 1.29 is 0 Å². The summed E-state index contributed by atoms with van der Waals surface area (Å²) in [5.41, 5.74) is 2.65. The fourth-order valence-electron chi connectivity index (χ4n) is 1.54. The maximum absolute atomic E-state index is 6.04. The number of nitrogens with one attached hydrogen (secondary N) is 1. The summed E-state index contributed by atoms with van der Waals surface area (Å²) >= 11 is 15.2. The minimum atomic E-state index is 0.370. The van der Waals surface area contributed by atoms with Crippen molar-refractivity contribution >= 4 is 44.8 Å². The van der Waals surface area contributed by atoms with Crippen LogP contribution in [0.25, 0.3) is 0 Å². The summed E-state index contributed by atoms with van der Waals surface area (Å²) in [5, 5.41) is 3.98. The Labute approximate surface area is 124 Å². The maximum Gasteiger partial charge on any atom is 0.154 e. The topological polar surface area (TPSA) is 37.8 Å². The van der Waals surface area contributed by atoms with E-state index in [9.17, 15) is 0 Å². The lowest BCUT2D eigenvalue weighted by Crippen LogP contribution is -2.04. The Bertz CT molecular complexity index is 552. The average molecular weight is 347 g/mol. The van der Waals surface area contributed by atoms with Crippen molar-refractivity contribution in [3.05, 3.63) is 50.4 Å². The lowest BCUT2D eigenvalue weighted by atomic mass is 10.2. The highest BCUT2D eigenvalue weighted by Gasteiger charge is 2.07. The molecule has 0 bridgehead atoms. The molecule has 2 rings (SSSR count). The van der Waals surface area contributed by atoms with Crippen LogP contribution in [0.15, 0.2) is 28.9 Å². The predicted molar refractivity (Wildman–Crippen MR) is 78.3 cm³/mol. The van der Waals surface area contributed by atoms with E-state index in [0.29, 0.717) is 16.9 Å². The fourth-order valence-corrected chi connectivity index (χ4v) is 2.51. The summed E-state index contributed by atoms with van der Waals surface area (Å²) < 4.78 is 0.804. The van der Waals surface area contributed by atoms with Gasteiger partial charge in [-0.1, -0.05) is 29.3 Å². The van der Waals surface area contributed by atoms with Gasteiger partial charge in [0.25, 0.3) is 0 Å². The van der Waals surface area contributed by atoms with E-state index in [2.05, 4.69) is 31.2 Å². The second-order valence-electron chi connectivity index (χ2n) is 3.73. The summed E-state index contributed by atoms with van der Waals surface area (Å²) in [6.07, 6.45) is 0. The Morgan fingerprint density at radius 2 is 2.06 bits per heavy atom. The Balaban J connectivity index is 2.16. The summed E-state index contributed by atoms with van der Waals surface area (Å²) in [5.74, 6) is 0. The molecule has 0 aromatic carbocycles. The zero-order chi connectivity index (χ0) is 13.1. The quantitative estimate of drug-likeness (QED) is 0.833. The third kappa shape index (κ3) is 3.34. The summed E-state index contributed by atoms with van der Waals surface area (Å²) in [4.78, 5) is 8.33. The van der Waals surface area contributed by atoms with Crippen LogP contribution >= 0.6 is 39.1 Å². The van der Waals surface area contributed by atoms with Crippen LogP contribution in [0.2, 0.25) is 10.3 Å². The van der Waals surface area contributed by atoms with Crippen LogP contribution < -0.4 is 5.32 Å². The van der Waals surface area contributed by atoms with Crippen molar-refractivity contribution in [2.75, 3.05) is 5.32 Å². The molecule has 0 unspecified atom stereocenters. The van der Waals surface area contributed by atoms with Crippen LogP contribution in [-0.2, 0) is 6.54 Å². The minimum Gasteiger partial charge on any atom is -0.377 e. The van der Waals surface area contributed by atoms with E-state index < -0.39 is 0 Å². The molecule has 0 spiro atoms. The van der Waals surface area contributed by atoms with Gasteiger partial charge in [-0.25, -0.2) is 9.97 Å². The predicted octanol–water partition coefficient (Wildman–Crippen LogP) is 4.47. The number of aromatic nitrogens is 2. The molecule has 94 valence electrons. The van der Waals surface area contributed by atoms with Crippen molar-refractivity contribution in [1.82, 2.24) is 9.97 Å². The molecule has 6 heteroatoms. The summed E-state index contributed by atoms with van der Waals surface area (Å²) in [6, 6.07) is 7.52. The zero-order valence-electron chi connectivity index (χ0n) is 9.54. The largest absolute Gasteiger partial charge is 0.377 e. The Hall–Kier alpha value is -0.840. The van der Waals surface area contributed by atoms with Crippen LogP contribution in [0.5, 0.6) is 0 Å². The van der Waals surface area contributed by atoms with Gasteiger partial charge in [0.05, 0.1) is 17.9 Å². The summed E-state index contributed by atoms with van der Waals surface area (Å²) in [6.45, 7) is 2.50. The van der Waals surface area contributed by atoms with Gasteiger partial charge in [-0.15, -0.1) is 0 Å². The average Bonchev–Trinajstić information content (AvgIpc) is 2.27. The highest BCUT2D eigenvalue weighted by Crippen LogP contribution is 2.26. The van der Waals surface area contributed by atoms with E-state index in [1.165, 1.54) is 0 Å². The Kier molecular flexibility index (Phi) is 4.43. The molecular formula is C12H10BrCl2N3. The van der Waals surface area contributed by atoms with Gasteiger partial charge in [-0.05, 0) is 46.6 Å². The molecule has 2 aromatic rings. The minimum absolute atomic E-state index is 0.370. The van der Waals surface area contributed by atoms with Crippen molar-refractivity contribution in [1.29, 1.82) is 0 Å². The molecule has 0 aliphatic carbocycles. The van der Waals surface area contributed by atoms with E-state index in [4.69, 9.17) is 23.2 Å². The zero-order valence-corrected chi connectivity index (χ0v) is 12.6. The first kappa shape index (κ1) is 13.6. The lowest BCUT2D eigenvalue weighted by molar-refractivity contribution is 1.02. The molecule has 0 saturated carbocycles. The van der Waals surface area contributed by atoms with Crippen LogP contribution in [0.4, 0.5) is 5.69 Å². The number of hydrogen-bond acceptors (Lipinski definition) is 3. The lowest BCUT2D eigenvalue weighted by Gasteiger charge is -2.11. The number of halogens is 3. The van der Waals surface area contributed by atoms with E-state index in [1.54, 1.807) is 6.07 Å². The molecule has 0 radical (unpaired) electrons. The molecule has 2 aromatic heterocycles. The van der Waals surface area contributed by atoms with Gasteiger partial charge >= 0.3 is 0 Å². The number of rotatable bonds is 3. The highest BCUT2D eigenvalue weighted by molar-refractivity contribution is 9.10. The van der Waals surface area contributed by atoms with Crippen LogP contribution in [0.3, 0.4) is 0 Å². The molecule has 0 aliphatic rings. The van der Waals surface area contributed by atoms with Crippen molar-refractivity contribution in [3.63, 3.8) is 0 Å². The van der Waals surface area contributed by atoms with Crippen LogP contribution in [-0.4, -0.2) is 9.97 Å². The first-order valence-electron chi connectivity index (χ1n) is 5.24. The van der Waals surface area contributed by atoms with Gasteiger partial charge in [0, 0.05) is 0 Å². The van der Waals surface area contributed by atoms with Crippen LogP contribution in [0.1, 0.15) is 11.3 Å². The number of anilines is 1. The van der Waals surface area contributed by atoms with Gasteiger partial charge in [-0.2, -0.15) is 0 Å². The van der Waals surface area contributed by atoms with Crippen LogP contribution in [0, 0.1) is 6.92 Å². The Morgan fingerprint density at radius 3 is 2.72 bits per heavy atom. The number of nitrogens with zero attached hydrogens (tertiary/aromatic N) is 2. The monoisotopic (exact) mass is 345 g/mol. The van der Waals surface area contributed by atoms with Gasteiger partial charge in [0.2, 0.25) is 0 Å². The summed E-state index contributed by atoms with van der Waals surface area (Å²) in [7, 11) is 0. The first-order chi connectivity index (χ1) is 8.56. The van der Waals surface area contributed by atoms with E-state index in [-0.39, 0.29) is 0 Å². The molecule has 0 aliphatic heterocycles. The first-order valence-corrected chi connectivity index (χ1v) is 6.79. The van der Waals surface area contributed by atoms with Gasteiger partial charge in [0.15, 0.2) is 5.15 Å². The van der Waals surface area contributed by atoms with Gasteiger partial charge in [-0.3, -0.25) is 0 Å². The molecular weight excluding hydrogens is 337 g/mol. The van der Waals surface area contributed by atoms with Gasteiger partial charge < -0.3 is 5.32 Å². The molecule has 18 heavy (non-hydrogen) atoms. The van der Waals surface area contributed by atoms with E-state index in [0.717, 1.165) is 21.5 Å². The third-order valence-electron chi connectivity index (χ3n) is 2.36. The molecule has 0 saturated heterocycles. The molecule has 3 nitrogen and oxygen atoms in total. The van der Waals surface area contributed by atoms with Crippen molar-refractivity contribution in [2.45, 2.75) is 13.5 Å². The number of aryl methyl sites for hydroxylation is 1. The molecule has 0 atom stereocenters. The maximum atomic E-state index is 6.04. The SMILES string of the molecule is Cc1cc(Cl)nc(Cl)c1NCc1cccc(Br)n1. The van der Waals surface area contributed by atoms with Gasteiger partial charge in [0.1, 0.15) is 9.76 Å². The molecule has 0 amide bonds. The molecule has 2 heterocycles. The number of pyridine rings is 2. The third-order valence-corrected chi connectivity index (χ3v) is 3.27. The highest BCUT2D eigenvalue weighted by atomic mass is 79.9. The normalized spacial score (nSPS) is 10.4. The second-order valence-corrected chi connectivity index (χ2v) is 5.29. The van der Waals surface area contributed by atoms with E-state index in [1.807, 2.05) is 25.1 Å². The van der Waals surface area contributed by atoms with Crippen molar-refractivity contribution in [2.24, 2.45) is 0 Å². The molecule has 1 N–H and O–H groups in total. The molecule has 0 fully saturated rings.